The number of nitrogens with zero attached hydrogens (tertiary/aromatic N) is 3. The van der Waals surface area contributed by atoms with Crippen LogP contribution < -0.4 is 0 Å². The lowest BCUT2D eigenvalue weighted by atomic mass is 10.1. The van der Waals surface area contributed by atoms with E-state index in [0.717, 1.165) is 24.3 Å². The van der Waals surface area contributed by atoms with Gasteiger partial charge in [0.15, 0.2) is 6.23 Å². The molecule has 0 amide bonds. The quantitative estimate of drug-likeness (QED) is 0.759. The molecule has 0 aliphatic carbocycles. The standard InChI is InChI=1S/C12H13N3O/c1-9(10-5-3-2-4-6-10)15-12-11(13-14-15)7-8-16-12/h2-6,11-12H,1,7-8H2/t11-,12-/m0/s1. The lowest BCUT2D eigenvalue weighted by molar-refractivity contribution is 0.0246. The van der Waals surface area contributed by atoms with Gasteiger partial charge in [0.25, 0.3) is 0 Å². The van der Waals surface area contributed by atoms with Gasteiger partial charge in [-0.15, -0.1) is 0 Å². The first-order chi connectivity index (χ1) is 7.86. The number of fused-ring (bicyclic) bond motifs is 1. The number of hydrogen-bond acceptors (Lipinski definition) is 4. The Balaban J connectivity index is 1.84. The van der Waals surface area contributed by atoms with E-state index in [1.165, 1.54) is 0 Å². The predicted octanol–water partition coefficient (Wildman–Crippen LogP) is 2.46. The highest BCUT2D eigenvalue weighted by atomic mass is 16.5. The van der Waals surface area contributed by atoms with E-state index < -0.39 is 0 Å². The monoisotopic (exact) mass is 215 g/mol. The Morgan fingerprint density at radius 2 is 2.19 bits per heavy atom. The SMILES string of the molecule is C=C(c1ccccc1)N1N=N[C@H]2CCO[C@@H]21. The van der Waals surface area contributed by atoms with Gasteiger partial charge in [-0.2, -0.15) is 5.11 Å². The third-order valence-corrected chi connectivity index (χ3v) is 2.95. The van der Waals surface area contributed by atoms with Crippen molar-refractivity contribution < 1.29 is 4.74 Å². The van der Waals surface area contributed by atoms with Crippen LogP contribution in [-0.4, -0.2) is 23.9 Å². The van der Waals surface area contributed by atoms with E-state index in [1.54, 1.807) is 5.01 Å². The second-order valence-electron chi connectivity index (χ2n) is 3.98. The molecule has 1 aromatic carbocycles. The van der Waals surface area contributed by atoms with Crippen LogP contribution in [0, 0.1) is 0 Å². The van der Waals surface area contributed by atoms with Crippen molar-refractivity contribution in [1.82, 2.24) is 5.01 Å². The van der Waals surface area contributed by atoms with E-state index in [1.807, 2.05) is 30.3 Å². The molecule has 1 saturated heterocycles. The van der Waals surface area contributed by atoms with Crippen molar-refractivity contribution in [1.29, 1.82) is 0 Å². The third kappa shape index (κ3) is 1.42. The minimum absolute atomic E-state index is 0.0484. The van der Waals surface area contributed by atoms with Crippen molar-refractivity contribution in [2.24, 2.45) is 10.3 Å². The molecule has 2 heterocycles. The Morgan fingerprint density at radius 1 is 1.38 bits per heavy atom. The summed E-state index contributed by atoms with van der Waals surface area (Å²) in [6.45, 7) is 4.82. The van der Waals surface area contributed by atoms with Gasteiger partial charge in [-0.05, 0) is 12.0 Å². The maximum absolute atomic E-state index is 5.61. The fraction of sp³-hybridized carbons (Fsp3) is 0.333. The van der Waals surface area contributed by atoms with Crippen LogP contribution in [0.5, 0.6) is 0 Å². The largest absolute Gasteiger partial charge is 0.354 e. The molecule has 0 saturated carbocycles. The number of rotatable bonds is 2. The zero-order chi connectivity index (χ0) is 11.0. The molecule has 1 fully saturated rings. The molecule has 2 aliphatic heterocycles. The highest BCUT2D eigenvalue weighted by Crippen LogP contribution is 2.32. The van der Waals surface area contributed by atoms with Crippen LogP contribution in [0.15, 0.2) is 47.2 Å². The molecule has 0 unspecified atom stereocenters. The molecule has 4 heteroatoms. The lowest BCUT2D eigenvalue weighted by Gasteiger charge is -2.22. The number of ether oxygens (including phenoxy) is 1. The van der Waals surface area contributed by atoms with Gasteiger partial charge in [0, 0.05) is 0 Å². The predicted molar refractivity (Wildman–Crippen MR) is 60.3 cm³/mol. The molecular weight excluding hydrogens is 202 g/mol. The summed E-state index contributed by atoms with van der Waals surface area (Å²) < 4.78 is 5.61. The molecule has 16 heavy (non-hydrogen) atoms. The van der Waals surface area contributed by atoms with Gasteiger partial charge in [-0.3, -0.25) is 0 Å². The second kappa shape index (κ2) is 3.72. The smallest absolute Gasteiger partial charge is 0.176 e. The van der Waals surface area contributed by atoms with Crippen molar-refractivity contribution in [3.63, 3.8) is 0 Å². The van der Waals surface area contributed by atoms with Gasteiger partial charge in [0.2, 0.25) is 0 Å². The van der Waals surface area contributed by atoms with Crippen molar-refractivity contribution in [2.75, 3.05) is 6.61 Å². The summed E-state index contributed by atoms with van der Waals surface area (Å²) in [6, 6.07) is 10.2. The summed E-state index contributed by atoms with van der Waals surface area (Å²) in [7, 11) is 0. The Morgan fingerprint density at radius 3 is 3.00 bits per heavy atom. The Bertz CT molecular complexity index is 429. The van der Waals surface area contributed by atoms with Crippen LogP contribution in [0.3, 0.4) is 0 Å². The van der Waals surface area contributed by atoms with Crippen LogP contribution in [0.4, 0.5) is 0 Å². The van der Waals surface area contributed by atoms with E-state index in [2.05, 4.69) is 16.9 Å². The normalized spacial score (nSPS) is 27.1. The van der Waals surface area contributed by atoms with Gasteiger partial charge in [-0.1, -0.05) is 42.1 Å². The number of benzene rings is 1. The molecule has 0 N–H and O–H groups in total. The van der Waals surface area contributed by atoms with Gasteiger partial charge in [-0.25, -0.2) is 5.01 Å². The van der Waals surface area contributed by atoms with E-state index in [9.17, 15) is 0 Å². The zero-order valence-electron chi connectivity index (χ0n) is 8.91. The van der Waals surface area contributed by atoms with Gasteiger partial charge in [0.05, 0.1) is 12.3 Å². The van der Waals surface area contributed by atoms with Gasteiger partial charge < -0.3 is 4.74 Å². The Kier molecular flexibility index (Phi) is 2.22. The fourth-order valence-corrected chi connectivity index (χ4v) is 2.05. The van der Waals surface area contributed by atoms with E-state index in [4.69, 9.17) is 4.74 Å². The molecule has 2 aliphatic rings. The summed E-state index contributed by atoms with van der Waals surface area (Å²) in [5.41, 5.74) is 1.90. The van der Waals surface area contributed by atoms with E-state index >= 15 is 0 Å². The maximum atomic E-state index is 5.61. The summed E-state index contributed by atoms with van der Waals surface area (Å²) in [6.07, 6.45) is 0.903. The summed E-state index contributed by atoms with van der Waals surface area (Å²) in [4.78, 5) is 0. The molecule has 0 aromatic heterocycles. The zero-order valence-corrected chi connectivity index (χ0v) is 8.91. The minimum Gasteiger partial charge on any atom is -0.354 e. The molecule has 0 radical (unpaired) electrons. The first kappa shape index (κ1) is 9.54. The fourth-order valence-electron chi connectivity index (χ4n) is 2.05. The molecular formula is C12H13N3O. The molecule has 2 atom stereocenters. The Hall–Kier alpha value is -1.68. The maximum Gasteiger partial charge on any atom is 0.176 e. The molecule has 3 rings (SSSR count). The Labute approximate surface area is 94.2 Å². The van der Waals surface area contributed by atoms with E-state index in [0.29, 0.717) is 0 Å². The van der Waals surface area contributed by atoms with E-state index in [-0.39, 0.29) is 12.3 Å². The average molecular weight is 215 g/mol. The number of hydrogen-bond donors (Lipinski definition) is 0. The second-order valence-corrected chi connectivity index (χ2v) is 3.98. The summed E-state index contributed by atoms with van der Waals surface area (Å²) >= 11 is 0. The highest BCUT2D eigenvalue weighted by Gasteiger charge is 2.39. The third-order valence-electron chi connectivity index (χ3n) is 2.95. The van der Waals surface area contributed by atoms with Crippen LogP contribution >= 0.6 is 0 Å². The van der Waals surface area contributed by atoms with Crippen molar-refractivity contribution in [3.8, 4) is 0 Å². The van der Waals surface area contributed by atoms with Gasteiger partial charge >= 0.3 is 0 Å². The lowest BCUT2D eigenvalue weighted by Crippen LogP contribution is -2.30. The van der Waals surface area contributed by atoms with Crippen LogP contribution in [0.2, 0.25) is 0 Å². The topological polar surface area (TPSA) is 37.2 Å². The highest BCUT2D eigenvalue weighted by molar-refractivity contribution is 5.61. The molecule has 82 valence electrons. The first-order valence-electron chi connectivity index (χ1n) is 5.42. The summed E-state index contributed by atoms with van der Waals surface area (Å²) in [5.74, 6) is 0. The summed E-state index contributed by atoms with van der Waals surface area (Å²) in [5, 5.41) is 10.1. The van der Waals surface area contributed by atoms with Crippen LogP contribution in [0.1, 0.15) is 12.0 Å². The molecule has 0 spiro atoms. The minimum atomic E-state index is -0.0484. The molecule has 1 aromatic rings. The van der Waals surface area contributed by atoms with Crippen LogP contribution in [-0.2, 0) is 4.74 Å². The average Bonchev–Trinajstić information content (AvgIpc) is 2.91. The van der Waals surface area contributed by atoms with Crippen molar-refractivity contribution in [3.05, 3.63) is 42.5 Å². The van der Waals surface area contributed by atoms with Gasteiger partial charge in [0.1, 0.15) is 6.04 Å². The van der Waals surface area contributed by atoms with Crippen molar-refractivity contribution in [2.45, 2.75) is 18.7 Å². The van der Waals surface area contributed by atoms with Crippen LogP contribution in [0.25, 0.3) is 5.70 Å². The molecule has 0 bridgehead atoms. The van der Waals surface area contributed by atoms with Crippen molar-refractivity contribution >= 4 is 5.70 Å². The first-order valence-corrected chi connectivity index (χ1v) is 5.42. The molecule has 4 nitrogen and oxygen atoms in total.